The van der Waals surface area contributed by atoms with Crippen molar-refractivity contribution in [2.75, 3.05) is 7.05 Å². The number of hydrogen-bond donors (Lipinski definition) is 1. The molecule has 3 rings (SSSR count). The first kappa shape index (κ1) is 13.4. The van der Waals surface area contributed by atoms with Crippen LogP contribution in [0, 0.1) is 0 Å². The van der Waals surface area contributed by atoms with E-state index in [-0.39, 0.29) is 6.04 Å². The maximum Gasteiger partial charge on any atom is 0.0859 e. The van der Waals surface area contributed by atoms with Crippen LogP contribution >= 0.6 is 22.9 Å². The number of halogens is 1. The normalized spacial score (nSPS) is 12.5. The number of rotatable bonds is 4. The molecule has 1 unspecified atom stereocenters. The van der Waals surface area contributed by atoms with Crippen molar-refractivity contribution in [1.82, 2.24) is 15.1 Å². The number of benzene rings is 1. The van der Waals surface area contributed by atoms with E-state index in [1.54, 1.807) is 11.3 Å². The average Bonchev–Trinajstić information content (AvgIpc) is 3.11. The minimum Gasteiger partial charge on any atom is -0.307 e. The van der Waals surface area contributed by atoms with Gasteiger partial charge in [-0.05, 0) is 36.7 Å². The van der Waals surface area contributed by atoms with E-state index in [2.05, 4.69) is 10.4 Å². The molecule has 1 N–H and O–H groups in total. The van der Waals surface area contributed by atoms with Gasteiger partial charge in [0.05, 0.1) is 22.4 Å². The Labute approximate surface area is 126 Å². The van der Waals surface area contributed by atoms with Crippen LogP contribution in [0.2, 0.25) is 5.02 Å². The van der Waals surface area contributed by atoms with Gasteiger partial charge in [-0.2, -0.15) is 5.10 Å². The van der Waals surface area contributed by atoms with E-state index in [4.69, 9.17) is 11.6 Å². The predicted octanol–water partition coefficient (Wildman–Crippen LogP) is 3.90. The summed E-state index contributed by atoms with van der Waals surface area (Å²) < 4.78 is 1.94. The molecule has 0 radical (unpaired) electrons. The lowest BCUT2D eigenvalue weighted by Crippen LogP contribution is -2.20. The monoisotopic (exact) mass is 303 g/mol. The lowest BCUT2D eigenvalue weighted by Gasteiger charge is -2.17. The third-order valence-electron chi connectivity index (χ3n) is 3.16. The molecule has 2 heterocycles. The van der Waals surface area contributed by atoms with Gasteiger partial charge in [-0.3, -0.25) is 0 Å². The molecule has 20 heavy (non-hydrogen) atoms. The lowest BCUT2D eigenvalue weighted by molar-refractivity contribution is 0.647. The first-order valence-corrected chi connectivity index (χ1v) is 7.56. The fraction of sp³-hybridized carbons (Fsp3) is 0.133. The Hall–Kier alpha value is -1.62. The van der Waals surface area contributed by atoms with Gasteiger partial charge in [-0.1, -0.05) is 29.8 Å². The van der Waals surface area contributed by atoms with Gasteiger partial charge in [0, 0.05) is 11.1 Å². The number of nitrogens with zero attached hydrogens (tertiary/aromatic N) is 2. The van der Waals surface area contributed by atoms with Gasteiger partial charge in [-0.25, -0.2) is 4.68 Å². The van der Waals surface area contributed by atoms with E-state index in [0.717, 1.165) is 21.3 Å². The van der Waals surface area contributed by atoms with Crippen LogP contribution in [-0.4, -0.2) is 16.8 Å². The van der Waals surface area contributed by atoms with Crippen molar-refractivity contribution < 1.29 is 0 Å². The highest BCUT2D eigenvalue weighted by molar-refractivity contribution is 7.10. The Morgan fingerprint density at radius 3 is 2.65 bits per heavy atom. The zero-order valence-electron chi connectivity index (χ0n) is 11.0. The molecule has 2 aromatic heterocycles. The molecular formula is C15H14ClN3S. The van der Waals surface area contributed by atoms with Crippen LogP contribution in [0.25, 0.3) is 5.69 Å². The Balaban J connectivity index is 2.07. The SMILES string of the molecule is CNC(c1sccc1Cl)c1ccnn1-c1ccccc1. The summed E-state index contributed by atoms with van der Waals surface area (Å²) >= 11 is 7.92. The Morgan fingerprint density at radius 1 is 1.20 bits per heavy atom. The smallest absolute Gasteiger partial charge is 0.0859 e. The van der Waals surface area contributed by atoms with E-state index in [1.165, 1.54) is 0 Å². The number of nitrogens with one attached hydrogen (secondary N) is 1. The van der Waals surface area contributed by atoms with Crippen LogP contribution < -0.4 is 5.32 Å². The van der Waals surface area contributed by atoms with Gasteiger partial charge < -0.3 is 5.32 Å². The molecule has 0 saturated carbocycles. The third kappa shape index (κ3) is 2.38. The quantitative estimate of drug-likeness (QED) is 0.792. The molecule has 0 aliphatic carbocycles. The van der Waals surface area contributed by atoms with Crippen molar-refractivity contribution in [2.24, 2.45) is 0 Å². The third-order valence-corrected chi connectivity index (χ3v) is 4.59. The van der Waals surface area contributed by atoms with Crippen LogP contribution in [0.15, 0.2) is 54.0 Å². The van der Waals surface area contributed by atoms with Gasteiger partial charge in [0.25, 0.3) is 0 Å². The molecule has 0 spiro atoms. The molecule has 0 aliphatic heterocycles. The standard InChI is InChI=1S/C15H14ClN3S/c1-17-14(15-12(16)8-10-20-15)13-7-9-18-19(13)11-5-3-2-4-6-11/h2-10,14,17H,1H3. The summed E-state index contributed by atoms with van der Waals surface area (Å²) in [5.74, 6) is 0. The fourth-order valence-corrected chi connectivity index (χ4v) is 3.53. The van der Waals surface area contributed by atoms with Gasteiger partial charge in [-0.15, -0.1) is 11.3 Å². The van der Waals surface area contributed by atoms with Crippen molar-refractivity contribution in [3.8, 4) is 5.69 Å². The second kappa shape index (κ2) is 5.79. The second-order valence-electron chi connectivity index (χ2n) is 4.36. The summed E-state index contributed by atoms with van der Waals surface area (Å²) in [6.45, 7) is 0. The van der Waals surface area contributed by atoms with Crippen LogP contribution in [0.5, 0.6) is 0 Å². The summed E-state index contributed by atoms with van der Waals surface area (Å²) in [6.07, 6.45) is 1.81. The largest absolute Gasteiger partial charge is 0.307 e. The molecule has 1 aromatic carbocycles. The zero-order chi connectivity index (χ0) is 13.9. The molecular weight excluding hydrogens is 290 g/mol. The van der Waals surface area contributed by atoms with Crippen LogP contribution in [0.4, 0.5) is 0 Å². The second-order valence-corrected chi connectivity index (χ2v) is 5.71. The van der Waals surface area contributed by atoms with Crippen LogP contribution in [-0.2, 0) is 0 Å². The number of para-hydroxylation sites is 1. The molecule has 102 valence electrons. The maximum atomic E-state index is 6.27. The van der Waals surface area contributed by atoms with Crippen molar-refractivity contribution in [1.29, 1.82) is 0 Å². The topological polar surface area (TPSA) is 29.9 Å². The van der Waals surface area contributed by atoms with Gasteiger partial charge in [0.15, 0.2) is 0 Å². The molecule has 0 saturated heterocycles. The predicted molar refractivity (Wildman–Crippen MR) is 83.8 cm³/mol. The molecule has 0 bridgehead atoms. The molecule has 0 amide bonds. The highest BCUT2D eigenvalue weighted by Gasteiger charge is 2.20. The van der Waals surface area contributed by atoms with Crippen molar-refractivity contribution in [3.05, 3.63) is 69.6 Å². The first-order valence-electron chi connectivity index (χ1n) is 6.30. The van der Waals surface area contributed by atoms with Crippen LogP contribution in [0.3, 0.4) is 0 Å². The number of aromatic nitrogens is 2. The number of hydrogen-bond acceptors (Lipinski definition) is 3. The van der Waals surface area contributed by atoms with Gasteiger partial charge in [0.2, 0.25) is 0 Å². The highest BCUT2D eigenvalue weighted by atomic mass is 35.5. The molecule has 3 nitrogen and oxygen atoms in total. The van der Waals surface area contributed by atoms with Crippen molar-refractivity contribution in [3.63, 3.8) is 0 Å². The van der Waals surface area contributed by atoms with E-state index < -0.39 is 0 Å². The van der Waals surface area contributed by atoms with Gasteiger partial charge in [0.1, 0.15) is 0 Å². The van der Waals surface area contributed by atoms with E-state index >= 15 is 0 Å². The van der Waals surface area contributed by atoms with Crippen molar-refractivity contribution >= 4 is 22.9 Å². The first-order chi connectivity index (χ1) is 9.81. The lowest BCUT2D eigenvalue weighted by atomic mass is 10.1. The fourth-order valence-electron chi connectivity index (χ4n) is 2.24. The highest BCUT2D eigenvalue weighted by Crippen LogP contribution is 2.33. The summed E-state index contributed by atoms with van der Waals surface area (Å²) in [5.41, 5.74) is 2.11. The summed E-state index contributed by atoms with van der Waals surface area (Å²) in [6, 6.07) is 14.1. The van der Waals surface area contributed by atoms with Gasteiger partial charge >= 0.3 is 0 Å². The summed E-state index contributed by atoms with van der Waals surface area (Å²) in [4.78, 5) is 1.10. The summed E-state index contributed by atoms with van der Waals surface area (Å²) in [7, 11) is 1.93. The van der Waals surface area contributed by atoms with E-state index in [0.29, 0.717) is 0 Å². The Bertz CT molecular complexity index is 690. The average molecular weight is 304 g/mol. The minimum absolute atomic E-state index is 0.0326. The Morgan fingerprint density at radius 2 is 2.00 bits per heavy atom. The van der Waals surface area contributed by atoms with Crippen LogP contribution in [0.1, 0.15) is 16.6 Å². The van der Waals surface area contributed by atoms with Crippen molar-refractivity contribution in [2.45, 2.75) is 6.04 Å². The molecule has 0 aliphatic rings. The van der Waals surface area contributed by atoms with E-state index in [9.17, 15) is 0 Å². The summed E-state index contributed by atoms with van der Waals surface area (Å²) in [5, 5.41) is 10.5. The van der Waals surface area contributed by atoms with E-state index in [1.807, 2.05) is 65.8 Å². The maximum absolute atomic E-state index is 6.27. The number of thiophene rings is 1. The molecule has 5 heteroatoms. The molecule has 3 aromatic rings. The zero-order valence-corrected chi connectivity index (χ0v) is 12.5. The molecule has 0 fully saturated rings. The minimum atomic E-state index is 0.0326. The Kier molecular flexibility index (Phi) is 3.87. The molecule has 1 atom stereocenters.